The second-order valence-electron chi connectivity index (χ2n) is 6.05. The summed E-state index contributed by atoms with van der Waals surface area (Å²) in [6, 6.07) is 3.73. The Bertz CT molecular complexity index is 468. The lowest BCUT2D eigenvalue weighted by atomic mass is 10.0. The molecule has 0 aromatic carbocycles. The number of piperidine rings is 1. The van der Waals surface area contributed by atoms with Gasteiger partial charge in [0.05, 0.1) is 18.0 Å². The number of hydrogen-bond acceptors (Lipinski definition) is 4. The van der Waals surface area contributed by atoms with Crippen LogP contribution in [-0.4, -0.2) is 54.3 Å². The van der Waals surface area contributed by atoms with Crippen LogP contribution in [0.25, 0.3) is 0 Å². The number of carbonyl (C=O) groups is 1. The monoisotopic (exact) mass is 304 g/mol. The average Bonchev–Trinajstić information content (AvgIpc) is 3.03. The number of amides is 2. The second-order valence-corrected chi connectivity index (χ2v) is 6.05. The summed E-state index contributed by atoms with van der Waals surface area (Å²) in [4.78, 5) is 18.4. The van der Waals surface area contributed by atoms with Gasteiger partial charge in [-0.25, -0.2) is 4.79 Å². The van der Waals surface area contributed by atoms with Gasteiger partial charge >= 0.3 is 6.03 Å². The molecule has 2 amide bonds. The van der Waals surface area contributed by atoms with E-state index in [1.165, 1.54) is 12.8 Å². The minimum atomic E-state index is -0.148. The molecule has 1 atom stereocenters. The number of urea groups is 1. The molecular formula is C16H24N4O2. The van der Waals surface area contributed by atoms with Gasteiger partial charge in [0, 0.05) is 38.5 Å². The number of nitrogens with one attached hydrogen (secondary N) is 2. The molecule has 0 aliphatic carbocycles. The number of nitrogens with zero attached hydrogens (tertiary/aromatic N) is 2. The van der Waals surface area contributed by atoms with E-state index < -0.39 is 0 Å². The third kappa shape index (κ3) is 4.42. The SMILES string of the molecule is O=C(Nc1cccnc1)NC1CCN(CC2CCCO2)CC1. The van der Waals surface area contributed by atoms with Gasteiger partial charge in [-0.2, -0.15) is 0 Å². The van der Waals surface area contributed by atoms with Crippen molar-refractivity contribution in [2.24, 2.45) is 0 Å². The normalized spacial score (nSPS) is 23.4. The Kier molecular flexibility index (Phi) is 5.24. The first-order valence-electron chi connectivity index (χ1n) is 8.11. The van der Waals surface area contributed by atoms with Crippen molar-refractivity contribution in [2.45, 2.75) is 37.8 Å². The van der Waals surface area contributed by atoms with Gasteiger partial charge in [0.1, 0.15) is 0 Å². The molecule has 0 saturated carbocycles. The van der Waals surface area contributed by atoms with Crippen molar-refractivity contribution in [3.8, 4) is 0 Å². The lowest BCUT2D eigenvalue weighted by Crippen LogP contribution is -2.47. The molecule has 2 fully saturated rings. The molecule has 6 heteroatoms. The predicted octanol–water partition coefficient (Wildman–Crippen LogP) is 1.85. The minimum absolute atomic E-state index is 0.148. The van der Waals surface area contributed by atoms with Gasteiger partial charge < -0.3 is 20.3 Å². The van der Waals surface area contributed by atoms with E-state index in [0.717, 1.165) is 44.8 Å². The number of anilines is 1. The zero-order chi connectivity index (χ0) is 15.2. The maximum absolute atomic E-state index is 12.0. The highest BCUT2D eigenvalue weighted by Crippen LogP contribution is 2.17. The smallest absolute Gasteiger partial charge is 0.319 e. The number of ether oxygens (including phenoxy) is 1. The summed E-state index contributed by atoms with van der Waals surface area (Å²) in [5, 5.41) is 5.86. The van der Waals surface area contributed by atoms with Crippen molar-refractivity contribution >= 4 is 11.7 Å². The van der Waals surface area contributed by atoms with Crippen LogP contribution in [0.4, 0.5) is 10.5 Å². The Morgan fingerprint density at radius 1 is 1.36 bits per heavy atom. The minimum Gasteiger partial charge on any atom is -0.377 e. The first-order chi connectivity index (χ1) is 10.8. The van der Waals surface area contributed by atoms with Gasteiger partial charge in [0.2, 0.25) is 0 Å². The van der Waals surface area contributed by atoms with E-state index >= 15 is 0 Å². The van der Waals surface area contributed by atoms with Crippen LogP contribution in [0, 0.1) is 0 Å². The number of rotatable bonds is 4. The van der Waals surface area contributed by atoms with Gasteiger partial charge in [-0.15, -0.1) is 0 Å². The second kappa shape index (κ2) is 7.56. The van der Waals surface area contributed by atoms with E-state index in [-0.39, 0.29) is 12.1 Å². The van der Waals surface area contributed by atoms with Gasteiger partial charge in [-0.1, -0.05) is 0 Å². The third-order valence-electron chi connectivity index (χ3n) is 4.33. The fourth-order valence-corrected chi connectivity index (χ4v) is 3.13. The number of hydrogen-bond donors (Lipinski definition) is 2. The molecule has 1 aromatic heterocycles. The predicted molar refractivity (Wildman–Crippen MR) is 84.8 cm³/mol. The number of aromatic nitrogens is 1. The lowest BCUT2D eigenvalue weighted by molar-refractivity contribution is 0.0633. The van der Waals surface area contributed by atoms with Crippen LogP contribution in [0.15, 0.2) is 24.5 Å². The Labute approximate surface area is 131 Å². The number of pyridine rings is 1. The molecule has 2 N–H and O–H groups in total. The molecule has 2 aliphatic rings. The molecule has 2 saturated heterocycles. The van der Waals surface area contributed by atoms with Crippen molar-refractivity contribution in [2.75, 3.05) is 31.6 Å². The van der Waals surface area contributed by atoms with Crippen molar-refractivity contribution in [1.29, 1.82) is 0 Å². The average molecular weight is 304 g/mol. The fraction of sp³-hybridized carbons (Fsp3) is 0.625. The largest absolute Gasteiger partial charge is 0.377 e. The van der Waals surface area contributed by atoms with Crippen molar-refractivity contribution in [3.05, 3.63) is 24.5 Å². The molecule has 6 nitrogen and oxygen atoms in total. The first kappa shape index (κ1) is 15.2. The maximum atomic E-state index is 12.0. The summed E-state index contributed by atoms with van der Waals surface area (Å²) in [5.74, 6) is 0. The topological polar surface area (TPSA) is 66.5 Å². The summed E-state index contributed by atoms with van der Waals surface area (Å²) in [5.41, 5.74) is 0.718. The first-order valence-corrected chi connectivity index (χ1v) is 8.11. The van der Waals surface area contributed by atoms with E-state index in [2.05, 4.69) is 20.5 Å². The molecule has 0 bridgehead atoms. The zero-order valence-electron chi connectivity index (χ0n) is 12.8. The van der Waals surface area contributed by atoms with Crippen molar-refractivity contribution in [3.63, 3.8) is 0 Å². The molecule has 2 aliphatic heterocycles. The lowest BCUT2D eigenvalue weighted by Gasteiger charge is -2.33. The van der Waals surface area contributed by atoms with Gasteiger partial charge in [0.15, 0.2) is 0 Å². The molecule has 1 unspecified atom stereocenters. The molecule has 3 heterocycles. The van der Waals surface area contributed by atoms with Gasteiger partial charge in [0.25, 0.3) is 0 Å². The maximum Gasteiger partial charge on any atom is 0.319 e. The Morgan fingerprint density at radius 3 is 2.91 bits per heavy atom. The molecule has 0 spiro atoms. The van der Waals surface area contributed by atoms with Crippen LogP contribution in [0.2, 0.25) is 0 Å². The van der Waals surface area contributed by atoms with Crippen LogP contribution in [0.5, 0.6) is 0 Å². The van der Waals surface area contributed by atoms with E-state index in [4.69, 9.17) is 4.74 Å². The summed E-state index contributed by atoms with van der Waals surface area (Å²) >= 11 is 0. The molecule has 1 aromatic rings. The van der Waals surface area contributed by atoms with Gasteiger partial charge in [-0.05, 0) is 37.8 Å². The van der Waals surface area contributed by atoms with E-state index in [1.54, 1.807) is 18.5 Å². The van der Waals surface area contributed by atoms with E-state index in [1.807, 2.05) is 6.07 Å². The van der Waals surface area contributed by atoms with E-state index in [0.29, 0.717) is 6.10 Å². The highest BCUT2D eigenvalue weighted by Gasteiger charge is 2.24. The van der Waals surface area contributed by atoms with Gasteiger partial charge in [-0.3, -0.25) is 4.98 Å². The number of carbonyl (C=O) groups excluding carboxylic acids is 1. The third-order valence-corrected chi connectivity index (χ3v) is 4.33. The molecule has 3 rings (SSSR count). The van der Waals surface area contributed by atoms with Crippen LogP contribution < -0.4 is 10.6 Å². The summed E-state index contributed by atoms with van der Waals surface area (Å²) in [7, 11) is 0. The Hall–Kier alpha value is -1.66. The van der Waals surface area contributed by atoms with Crippen LogP contribution in [0.3, 0.4) is 0 Å². The molecule has 0 radical (unpaired) electrons. The zero-order valence-corrected chi connectivity index (χ0v) is 12.8. The quantitative estimate of drug-likeness (QED) is 0.891. The molecule has 22 heavy (non-hydrogen) atoms. The molecular weight excluding hydrogens is 280 g/mol. The van der Waals surface area contributed by atoms with Crippen LogP contribution >= 0.6 is 0 Å². The fourth-order valence-electron chi connectivity index (χ4n) is 3.13. The summed E-state index contributed by atoms with van der Waals surface area (Å²) < 4.78 is 5.69. The van der Waals surface area contributed by atoms with E-state index in [9.17, 15) is 4.79 Å². The Balaban J connectivity index is 1.37. The highest BCUT2D eigenvalue weighted by molar-refractivity contribution is 5.89. The summed E-state index contributed by atoms with van der Waals surface area (Å²) in [6.45, 7) is 4.00. The summed E-state index contributed by atoms with van der Waals surface area (Å²) in [6.07, 6.45) is 8.11. The Morgan fingerprint density at radius 2 is 2.23 bits per heavy atom. The number of likely N-dealkylation sites (tertiary alicyclic amines) is 1. The highest BCUT2D eigenvalue weighted by atomic mass is 16.5. The van der Waals surface area contributed by atoms with Crippen molar-refractivity contribution < 1.29 is 9.53 Å². The molecule has 120 valence electrons. The van der Waals surface area contributed by atoms with Crippen LogP contribution in [0.1, 0.15) is 25.7 Å². The standard InChI is InChI=1S/C16H24N4O2/c21-16(19-14-3-1-7-17-11-14)18-13-5-8-20(9-6-13)12-15-4-2-10-22-15/h1,3,7,11,13,15H,2,4-6,8-10,12H2,(H2,18,19,21). The van der Waals surface area contributed by atoms with Crippen LogP contribution in [-0.2, 0) is 4.74 Å². The van der Waals surface area contributed by atoms with Crippen molar-refractivity contribution in [1.82, 2.24) is 15.2 Å².